The van der Waals surface area contributed by atoms with Crippen LogP contribution in [0.1, 0.15) is 44.2 Å². The molecule has 6 nitrogen and oxygen atoms in total. The van der Waals surface area contributed by atoms with E-state index < -0.39 is 10.0 Å². The van der Waals surface area contributed by atoms with Crippen LogP contribution in [-0.4, -0.2) is 55.5 Å². The van der Waals surface area contributed by atoms with E-state index in [2.05, 4.69) is 10.1 Å². The van der Waals surface area contributed by atoms with Crippen molar-refractivity contribution in [2.24, 2.45) is 5.92 Å². The second-order valence-electron chi connectivity index (χ2n) is 7.94. The van der Waals surface area contributed by atoms with Gasteiger partial charge >= 0.3 is 0 Å². The molecule has 2 heterocycles. The van der Waals surface area contributed by atoms with Gasteiger partial charge in [-0.05, 0) is 43.9 Å². The topological polar surface area (TPSA) is 66.7 Å². The third-order valence-corrected chi connectivity index (χ3v) is 7.74. The number of rotatable bonds is 5. The minimum absolute atomic E-state index is 0.0906. The van der Waals surface area contributed by atoms with Crippen molar-refractivity contribution in [2.45, 2.75) is 44.3 Å². The molecule has 2 aromatic rings. The molecule has 1 aliphatic carbocycles. The van der Waals surface area contributed by atoms with Crippen LogP contribution in [0.5, 0.6) is 0 Å². The van der Waals surface area contributed by atoms with Crippen LogP contribution < -0.4 is 0 Å². The van der Waals surface area contributed by atoms with Crippen LogP contribution in [0.4, 0.5) is 0 Å². The summed E-state index contributed by atoms with van der Waals surface area (Å²) in [6.45, 7) is 4.12. The van der Waals surface area contributed by atoms with Crippen LogP contribution in [0.25, 0.3) is 11.0 Å². The van der Waals surface area contributed by atoms with Crippen LogP contribution in [-0.2, 0) is 15.8 Å². The van der Waals surface area contributed by atoms with Gasteiger partial charge in [-0.3, -0.25) is 0 Å². The van der Waals surface area contributed by atoms with Crippen molar-refractivity contribution in [1.82, 2.24) is 14.4 Å². The predicted molar refractivity (Wildman–Crippen MR) is 106 cm³/mol. The quantitative estimate of drug-likeness (QED) is 0.783. The molecule has 2 aliphatic rings. The lowest BCUT2D eigenvalue weighted by Gasteiger charge is -2.28. The van der Waals surface area contributed by atoms with E-state index in [1.807, 2.05) is 24.3 Å². The van der Waals surface area contributed by atoms with Crippen LogP contribution in [0.3, 0.4) is 0 Å². The molecule has 27 heavy (non-hydrogen) atoms. The summed E-state index contributed by atoms with van der Waals surface area (Å²) in [6, 6.07) is 7.42. The molecule has 1 aromatic carbocycles. The summed E-state index contributed by atoms with van der Waals surface area (Å²) in [7, 11) is -3.39. The molecular formula is C20H29N3O3S. The molecule has 1 saturated carbocycles. The zero-order valence-corrected chi connectivity index (χ0v) is 16.7. The van der Waals surface area contributed by atoms with Gasteiger partial charge < -0.3 is 9.42 Å². The zero-order valence-electron chi connectivity index (χ0n) is 15.8. The van der Waals surface area contributed by atoms with Gasteiger partial charge in [0.05, 0.1) is 0 Å². The van der Waals surface area contributed by atoms with E-state index in [4.69, 9.17) is 4.52 Å². The van der Waals surface area contributed by atoms with E-state index in [-0.39, 0.29) is 5.75 Å². The first-order valence-electron chi connectivity index (χ1n) is 10.2. The molecule has 148 valence electrons. The summed E-state index contributed by atoms with van der Waals surface area (Å²) >= 11 is 0. The van der Waals surface area contributed by atoms with Gasteiger partial charge in [-0.1, -0.05) is 36.6 Å². The summed E-state index contributed by atoms with van der Waals surface area (Å²) in [5.74, 6) is 0.704. The standard InChI is InChI=1S/C20H29N3O3S/c24-27(25,16-19-18-9-4-5-10-20(18)26-21-19)23-12-6-11-22(13-14-23)15-17-7-2-1-3-8-17/h4-5,9-10,17H,1-3,6-8,11-16H2. The van der Waals surface area contributed by atoms with E-state index in [1.54, 1.807) is 4.31 Å². The van der Waals surface area contributed by atoms with Gasteiger partial charge in [0.2, 0.25) is 10.0 Å². The maximum absolute atomic E-state index is 13.0. The molecule has 1 aromatic heterocycles. The van der Waals surface area contributed by atoms with Gasteiger partial charge in [0.25, 0.3) is 0 Å². The third-order valence-electron chi connectivity index (χ3n) is 5.95. The van der Waals surface area contributed by atoms with Crippen molar-refractivity contribution in [3.05, 3.63) is 30.0 Å². The Hall–Kier alpha value is -1.44. The molecular weight excluding hydrogens is 362 g/mol. The number of hydrogen-bond donors (Lipinski definition) is 0. The first kappa shape index (κ1) is 18.9. The average Bonchev–Trinajstić information content (AvgIpc) is 2.91. The summed E-state index contributed by atoms with van der Waals surface area (Å²) in [4.78, 5) is 2.47. The number of fused-ring (bicyclic) bond motifs is 1. The Morgan fingerprint density at radius 2 is 1.81 bits per heavy atom. The molecule has 0 radical (unpaired) electrons. The maximum atomic E-state index is 13.0. The average molecular weight is 392 g/mol. The van der Waals surface area contributed by atoms with Crippen LogP contribution in [0.2, 0.25) is 0 Å². The van der Waals surface area contributed by atoms with Gasteiger partial charge in [0.1, 0.15) is 11.4 Å². The fourth-order valence-corrected chi connectivity index (χ4v) is 5.95. The van der Waals surface area contributed by atoms with E-state index in [0.29, 0.717) is 24.4 Å². The molecule has 4 rings (SSSR count). The maximum Gasteiger partial charge on any atom is 0.220 e. The van der Waals surface area contributed by atoms with Crippen molar-refractivity contribution in [3.63, 3.8) is 0 Å². The van der Waals surface area contributed by atoms with Crippen molar-refractivity contribution in [3.8, 4) is 0 Å². The van der Waals surface area contributed by atoms with Crippen molar-refractivity contribution < 1.29 is 12.9 Å². The largest absolute Gasteiger partial charge is 0.356 e. The highest BCUT2D eigenvalue weighted by molar-refractivity contribution is 7.88. The van der Waals surface area contributed by atoms with Crippen LogP contribution >= 0.6 is 0 Å². The molecule has 0 N–H and O–H groups in total. The number of nitrogens with zero attached hydrogens (tertiary/aromatic N) is 3. The SMILES string of the molecule is O=S(=O)(Cc1noc2ccccc12)N1CCCN(CC2CCCCC2)CC1. The molecule has 1 aliphatic heterocycles. The van der Waals surface area contributed by atoms with Crippen molar-refractivity contribution >= 4 is 21.0 Å². The lowest BCUT2D eigenvalue weighted by molar-refractivity contribution is 0.208. The minimum Gasteiger partial charge on any atom is -0.356 e. The Morgan fingerprint density at radius 1 is 1.00 bits per heavy atom. The van der Waals surface area contributed by atoms with Crippen LogP contribution in [0, 0.1) is 5.92 Å². The number of benzene rings is 1. The van der Waals surface area contributed by atoms with Gasteiger partial charge in [-0.25, -0.2) is 12.7 Å². The highest BCUT2D eigenvalue weighted by Gasteiger charge is 2.28. The third kappa shape index (κ3) is 4.52. The van der Waals surface area contributed by atoms with Crippen molar-refractivity contribution in [1.29, 1.82) is 0 Å². The predicted octanol–water partition coefficient (Wildman–Crippen LogP) is 3.25. The molecule has 1 saturated heterocycles. The second-order valence-corrected chi connectivity index (χ2v) is 9.91. The zero-order chi connectivity index (χ0) is 18.7. The van der Waals surface area contributed by atoms with E-state index >= 15 is 0 Å². The first-order valence-corrected chi connectivity index (χ1v) is 11.8. The summed E-state index contributed by atoms with van der Waals surface area (Å²) in [5, 5.41) is 4.79. The fraction of sp³-hybridized carbons (Fsp3) is 0.650. The van der Waals surface area contributed by atoms with Gasteiger partial charge in [0.15, 0.2) is 5.58 Å². The molecule has 0 unspecified atom stereocenters. The molecule has 0 amide bonds. The lowest BCUT2D eigenvalue weighted by Crippen LogP contribution is -2.37. The highest BCUT2D eigenvalue weighted by atomic mass is 32.2. The van der Waals surface area contributed by atoms with Gasteiger partial charge in [-0.2, -0.15) is 0 Å². The Balaban J connectivity index is 1.38. The lowest BCUT2D eigenvalue weighted by atomic mass is 9.89. The monoisotopic (exact) mass is 391 g/mol. The molecule has 0 atom stereocenters. The fourth-order valence-electron chi connectivity index (χ4n) is 4.45. The number of sulfonamides is 1. The molecule has 0 spiro atoms. The summed E-state index contributed by atoms with van der Waals surface area (Å²) < 4.78 is 32.9. The Kier molecular flexibility index (Phi) is 5.80. The van der Waals surface area contributed by atoms with Crippen LogP contribution in [0.15, 0.2) is 28.8 Å². The van der Waals surface area contributed by atoms with Gasteiger partial charge in [0, 0.05) is 31.6 Å². The Bertz CT molecular complexity index is 858. The first-order chi connectivity index (χ1) is 13.1. The van der Waals surface area contributed by atoms with E-state index in [0.717, 1.165) is 37.4 Å². The minimum atomic E-state index is -3.39. The Labute approximate surface area is 161 Å². The molecule has 7 heteroatoms. The van der Waals surface area contributed by atoms with Gasteiger partial charge in [-0.15, -0.1) is 0 Å². The van der Waals surface area contributed by atoms with Crippen molar-refractivity contribution in [2.75, 3.05) is 32.7 Å². The van der Waals surface area contributed by atoms with E-state index in [1.165, 1.54) is 32.1 Å². The second kappa shape index (κ2) is 8.29. The smallest absolute Gasteiger partial charge is 0.220 e. The summed E-state index contributed by atoms with van der Waals surface area (Å²) in [6.07, 6.45) is 7.63. The highest BCUT2D eigenvalue weighted by Crippen LogP contribution is 2.25. The number of hydrogen-bond acceptors (Lipinski definition) is 5. The number of aromatic nitrogens is 1. The molecule has 0 bridgehead atoms. The molecule has 2 fully saturated rings. The summed E-state index contributed by atoms with van der Waals surface area (Å²) in [5.41, 5.74) is 1.14. The number of para-hydroxylation sites is 1. The normalized spacial score (nSPS) is 21.5. The Morgan fingerprint density at radius 3 is 2.67 bits per heavy atom. The van der Waals surface area contributed by atoms with E-state index in [9.17, 15) is 8.42 Å².